The molecule has 2 aromatic heterocycles. The summed E-state index contributed by atoms with van der Waals surface area (Å²) < 4.78 is 1.61. The average Bonchev–Trinajstić information content (AvgIpc) is 2.60. The standard InChI is InChI=1S/C10H13N5O/c1-4-8(16)12-9-13-10-11-6(2)5-7(3)15(10)14-9/h5H,4H2,1-3H3,(H,12,14,16). The fourth-order valence-corrected chi connectivity index (χ4v) is 1.43. The van der Waals surface area contributed by atoms with Crippen LogP contribution in [0.2, 0.25) is 0 Å². The summed E-state index contributed by atoms with van der Waals surface area (Å²) in [6.07, 6.45) is 0.404. The van der Waals surface area contributed by atoms with Gasteiger partial charge in [-0.3, -0.25) is 10.1 Å². The highest BCUT2D eigenvalue weighted by molar-refractivity contribution is 5.88. The fourth-order valence-electron chi connectivity index (χ4n) is 1.43. The van der Waals surface area contributed by atoms with Gasteiger partial charge in [-0.2, -0.15) is 9.50 Å². The van der Waals surface area contributed by atoms with E-state index >= 15 is 0 Å². The smallest absolute Gasteiger partial charge is 0.254 e. The summed E-state index contributed by atoms with van der Waals surface area (Å²) in [5.41, 5.74) is 1.82. The Morgan fingerprint density at radius 1 is 1.44 bits per heavy atom. The first-order valence-electron chi connectivity index (χ1n) is 5.11. The van der Waals surface area contributed by atoms with Crippen molar-refractivity contribution in [3.63, 3.8) is 0 Å². The zero-order valence-electron chi connectivity index (χ0n) is 9.48. The molecule has 0 spiro atoms. The number of aromatic nitrogens is 4. The van der Waals surface area contributed by atoms with Gasteiger partial charge in [-0.25, -0.2) is 4.98 Å². The van der Waals surface area contributed by atoms with Crippen LogP contribution in [0.1, 0.15) is 24.7 Å². The molecular weight excluding hydrogens is 206 g/mol. The summed E-state index contributed by atoms with van der Waals surface area (Å²) in [5.74, 6) is 0.697. The Bertz CT molecular complexity index is 545. The van der Waals surface area contributed by atoms with Gasteiger partial charge < -0.3 is 0 Å². The molecular formula is C10H13N5O. The first-order valence-corrected chi connectivity index (χ1v) is 5.11. The van der Waals surface area contributed by atoms with Crippen LogP contribution in [0.25, 0.3) is 5.78 Å². The molecule has 0 aliphatic rings. The van der Waals surface area contributed by atoms with Gasteiger partial charge in [0.25, 0.3) is 11.7 Å². The number of amides is 1. The van der Waals surface area contributed by atoms with Gasteiger partial charge in [0.05, 0.1) is 0 Å². The lowest BCUT2D eigenvalue weighted by Gasteiger charge is -1.97. The second-order valence-electron chi connectivity index (χ2n) is 3.59. The Balaban J connectivity index is 2.44. The number of hydrogen-bond acceptors (Lipinski definition) is 4. The van der Waals surface area contributed by atoms with Crippen molar-refractivity contribution < 1.29 is 4.79 Å². The van der Waals surface area contributed by atoms with E-state index in [1.807, 2.05) is 19.9 Å². The van der Waals surface area contributed by atoms with Crippen molar-refractivity contribution >= 4 is 17.6 Å². The minimum atomic E-state index is -0.106. The maximum Gasteiger partial charge on any atom is 0.254 e. The van der Waals surface area contributed by atoms with Crippen LogP contribution >= 0.6 is 0 Å². The maximum atomic E-state index is 11.2. The van der Waals surface area contributed by atoms with Crippen LogP contribution < -0.4 is 5.32 Å². The van der Waals surface area contributed by atoms with Crippen molar-refractivity contribution in [2.24, 2.45) is 0 Å². The van der Waals surface area contributed by atoms with Crippen molar-refractivity contribution in [2.75, 3.05) is 5.32 Å². The van der Waals surface area contributed by atoms with Gasteiger partial charge in [0.1, 0.15) is 0 Å². The molecule has 0 saturated heterocycles. The monoisotopic (exact) mass is 219 g/mol. The molecule has 2 aromatic rings. The molecule has 2 heterocycles. The third-order valence-electron chi connectivity index (χ3n) is 2.19. The van der Waals surface area contributed by atoms with Crippen LogP contribution in [0, 0.1) is 13.8 Å². The molecule has 6 heteroatoms. The Kier molecular flexibility index (Phi) is 2.55. The van der Waals surface area contributed by atoms with E-state index in [9.17, 15) is 4.79 Å². The summed E-state index contributed by atoms with van der Waals surface area (Å²) in [5, 5.41) is 6.76. The maximum absolute atomic E-state index is 11.2. The van der Waals surface area contributed by atoms with Crippen LogP contribution in [-0.2, 0) is 4.79 Å². The number of nitrogens with one attached hydrogen (secondary N) is 1. The highest BCUT2D eigenvalue weighted by Gasteiger charge is 2.08. The quantitative estimate of drug-likeness (QED) is 0.820. The van der Waals surface area contributed by atoms with Gasteiger partial charge in [0, 0.05) is 17.8 Å². The largest absolute Gasteiger partial charge is 0.293 e. The summed E-state index contributed by atoms with van der Waals surface area (Å²) in [6.45, 7) is 5.59. The highest BCUT2D eigenvalue weighted by Crippen LogP contribution is 2.07. The minimum absolute atomic E-state index is 0.106. The normalized spacial score (nSPS) is 10.7. The Hall–Kier alpha value is -1.98. The summed E-state index contributed by atoms with van der Waals surface area (Å²) in [6, 6.07) is 1.91. The molecule has 0 saturated carbocycles. The van der Waals surface area contributed by atoms with Crippen molar-refractivity contribution in [2.45, 2.75) is 27.2 Å². The molecule has 16 heavy (non-hydrogen) atoms. The fraction of sp³-hybridized carbons (Fsp3) is 0.400. The van der Waals surface area contributed by atoms with E-state index in [0.29, 0.717) is 18.1 Å². The lowest BCUT2D eigenvalue weighted by atomic mass is 10.4. The van der Waals surface area contributed by atoms with Gasteiger partial charge in [0.15, 0.2) is 0 Å². The molecule has 84 valence electrons. The summed E-state index contributed by atoms with van der Waals surface area (Å²) in [7, 11) is 0. The Labute approximate surface area is 92.7 Å². The van der Waals surface area contributed by atoms with E-state index in [2.05, 4.69) is 20.4 Å². The Morgan fingerprint density at radius 2 is 2.19 bits per heavy atom. The molecule has 0 aliphatic heterocycles. The van der Waals surface area contributed by atoms with E-state index in [0.717, 1.165) is 11.4 Å². The van der Waals surface area contributed by atoms with E-state index in [4.69, 9.17) is 0 Å². The van der Waals surface area contributed by atoms with E-state index in [1.54, 1.807) is 11.4 Å². The molecule has 0 unspecified atom stereocenters. The number of nitrogens with zero attached hydrogens (tertiary/aromatic N) is 4. The van der Waals surface area contributed by atoms with Crippen LogP contribution in [0.3, 0.4) is 0 Å². The first kappa shape index (κ1) is 10.5. The average molecular weight is 219 g/mol. The van der Waals surface area contributed by atoms with Gasteiger partial charge in [-0.1, -0.05) is 6.92 Å². The molecule has 0 fully saturated rings. The van der Waals surface area contributed by atoms with Crippen LogP contribution in [0.15, 0.2) is 6.07 Å². The molecule has 0 bridgehead atoms. The summed E-state index contributed by atoms with van der Waals surface area (Å²) >= 11 is 0. The van der Waals surface area contributed by atoms with Crippen molar-refractivity contribution in [3.8, 4) is 0 Å². The second-order valence-corrected chi connectivity index (χ2v) is 3.59. The zero-order chi connectivity index (χ0) is 11.7. The summed E-state index contributed by atoms with van der Waals surface area (Å²) in [4.78, 5) is 19.5. The third kappa shape index (κ3) is 1.86. The molecule has 0 atom stereocenters. The molecule has 0 aromatic carbocycles. The SMILES string of the molecule is CCC(=O)Nc1nc2nc(C)cc(C)n2n1. The first-order chi connectivity index (χ1) is 7.60. The lowest BCUT2D eigenvalue weighted by Crippen LogP contribution is -2.10. The predicted octanol–water partition coefficient (Wildman–Crippen LogP) is 1.09. The van der Waals surface area contributed by atoms with Crippen molar-refractivity contribution in [1.29, 1.82) is 0 Å². The molecule has 0 aliphatic carbocycles. The van der Waals surface area contributed by atoms with Gasteiger partial charge >= 0.3 is 0 Å². The molecule has 0 radical (unpaired) electrons. The number of carbonyl (C=O) groups is 1. The molecule has 6 nitrogen and oxygen atoms in total. The zero-order valence-corrected chi connectivity index (χ0v) is 9.48. The highest BCUT2D eigenvalue weighted by atomic mass is 16.1. The second kappa shape index (κ2) is 3.88. The van der Waals surface area contributed by atoms with Crippen molar-refractivity contribution in [1.82, 2.24) is 19.6 Å². The number of carbonyl (C=O) groups excluding carboxylic acids is 1. The molecule has 1 N–H and O–H groups in total. The number of fused-ring (bicyclic) bond motifs is 1. The predicted molar refractivity (Wildman–Crippen MR) is 59.2 cm³/mol. The third-order valence-corrected chi connectivity index (χ3v) is 2.19. The van der Waals surface area contributed by atoms with E-state index in [1.165, 1.54) is 0 Å². The van der Waals surface area contributed by atoms with Crippen LogP contribution in [0.4, 0.5) is 5.95 Å². The number of hydrogen-bond donors (Lipinski definition) is 1. The van der Waals surface area contributed by atoms with Crippen LogP contribution in [-0.4, -0.2) is 25.5 Å². The number of rotatable bonds is 2. The Morgan fingerprint density at radius 3 is 2.88 bits per heavy atom. The minimum Gasteiger partial charge on any atom is -0.293 e. The van der Waals surface area contributed by atoms with Gasteiger partial charge in [-0.05, 0) is 19.9 Å². The molecule has 2 rings (SSSR count). The van der Waals surface area contributed by atoms with Crippen molar-refractivity contribution in [3.05, 3.63) is 17.5 Å². The van der Waals surface area contributed by atoms with E-state index in [-0.39, 0.29) is 5.91 Å². The molecule has 1 amide bonds. The number of anilines is 1. The number of aryl methyl sites for hydroxylation is 2. The van der Waals surface area contributed by atoms with Gasteiger partial charge in [0.2, 0.25) is 5.91 Å². The van der Waals surface area contributed by atoms with Gasteiger partial charge in [-0.15, -0.1) is 5.10 Å². The van der Waals surface area contributed by atoms with E-state index < -0.39 is 0 Å². The topological polar surface area (TPSA) is 72.2 Å². The lowest BCUT2D eigenvalue weighted by molar-refractivity contribution is -0.115. The van der Waals surface area contributed by atoms with Crippen LogP contribution in [0.5, 0.6) is 0 Å².